The van der Waals surface area contributed by atoms with Gasteiger partial charge in [0.15, 0.2) is 10.8 Å². The zero-order valence-electron chi connectivity index (χ0n) is 7.06. The second-order valence-electron chi connectivity index (χ2n) is 2.62. The van der Waals surface area contributed by atoms with E-state index >= 15 is 0 Å². The number of hydrogen-bond donors (Lipinski definition) is 1. The summed E-state index contributed by atoms with van der Waals surface area (Å²) in [4.78, 5) is 13.5. The van der Waals surface area contributed by atoms with Crippen LogP contribution < -0.4 is 5.73 Å². The lowest BCUT2D eigenvalue weighted by Gasteiger charge is -1.93. The van der Waals surface area contributed by atoms with E-state index in [0.717, 1.165) is 9.88 Å². The highest BCUT2D eigenvalue weighted by molar-refractivity contribution is 7.14. The standard InChI is InChI=1S/C8H8N4S/c1-5-2-12-8(13-5)7-10-3-6(9)4-11-7/h2-4H,9H2,1H3. The first-order chi connectivity index (χ1) is 6.25. The summed E-state index contributed by atoms with van der Waals surface area (Å²) in [5.74, 6) is 0.632. The molecule has 0 aromatic carbocycles. The Morgan fingerprint density at radius 2 is 1.85 bits per heavy atom. The molecule has 0 aliphatic rings. The van der Waals surface area contributed by atoms with Gasteiger partial charge in [-0.3, -0.25) is 0 Å². The molecule has 0 atom stereocenters. The Labute approximate surface area is 79.5 Å². The Balaban J connectivity index is 2.41. The summed E-state index contributed by atoms with van der Waals surface area (Å²) in [6.45, 7) is 2.00. The van der Waals surface area contributed by atoms with Crippen molar-refractivity contribution in [2.75, 3.05) is 5.73 Å². The fourth-order valence-corrected chi connectivity index (χ4v) is 1.62. The molecule has 0 aliphatic carbocycles. The van der Waals surface area contributed by atoms with E-state index < -0.39 is 0 Å². The minimum Gasteiger partial charge on any atom is -0.396 e. The van der Waals surface area contributed by atoms with Gasteiger partial charge in [-0.25, -0.2) is 15.0 Å². The molecule has 0 radical (unpaired) electrons. The van der Waals surface area contributed by atoms with Crippen LogP contribution in [0.5, 0.6) is 0 Å². The smallest absolute Gasteiger partial charge is 0.188 e. The summed E-state index contributed by atoms with van der Waals surface area (Å²) < 4.78 is 0. The highest BCUT2D eigenvalue weighted by Crippen LogP contribution is 2.20. The van der Waals surface area contributed by atoms with Crippen LogP contribution in [-0.2, 0) is 0 Å². The molecule has 4 nitrogen and oxygen atoms in total. The van der Waals surface area contributed by atoms with Crippen LogP contribution in [0.4, 0.5) is 5.69 Å². The number of nitrogens with zero attached hydrogens (tertiary/aromatic N) is 3. The van der Waals surface area contributed by atoms with E-state index in [0.29, 0.717) is 11.5 Å². The molecule has 2 heterocycles. The quantitative estimate of drug-likeness (QED) is 0.743. The largest absolute Gasteiger partial charge is 0.396 e. The number of nitrogens with two attached hydrogens (primary N) is 1. The van der Waals surface area contributed by atoms with Crippen LogP contribution in [0.15, 0.2) is 18.6 Å². The van der Waals surface area contributed by atoms with Crippen molar-refractivity contribution >= 4 is 17.0 Å². The van der Waals surface area contributed by atoms with Crippen molar-refractivity contribution in [3.63, 3.8) is 0 Å². The van der Waals surface area contributed by atoms with E-state index in [9.17, 15) is 0 Å². The van der Waals surface area contributed by atoms with Gasteiger partial charge in [-0.1, -0.05) is 0 Å². The summed E-state index contributed by atoms with van der Waals surface area (Å²) >= 11 is 1.57. The molecule has 0 amide bonds. The number of thiazole rings is 1. The minimum atomic E-state index is 0.567. The molecule has 0 unspecified atom stereocenters. The van der Waals surface area contributed by atoms with Gasteiger partial charge in [-0.2, -0.15) is 0 Å². The summed E-state index contributed by atoms with van der Waals surface area (Å²) in [7, 11) is 0. The fraction of sp³-hybridized carbons (Fsp3) is 0.125. The first-order valence-electron chi connectivity index (χ1n) is 3.76. The van der Waals surface area contributed by atoms with E-state index in [1.54, 1.807) is 29.9 Å². The van der Waals surface area contributed by atoms with Crippen molar-refractivity contribution < 1.29 is 0 Å². The third kappa shape index (κ3) is 1.65. The number of anilines is 1. The highest BCUT2D eigenvalue weighted by atomic mass is 32.1. The summed E-state index contributed by atoms with van der Waals surface area (Å²) in [5, 5.41) is 0.831. The lowest BCUT2D eigenvalue weighted by molar-refractivity contribution is 1.16. The molecule has 2 N–H and O–H groups in total. The van der Waals surface area contributed by atoms with Crippen LogP contribution in [0, 0.1) is 6.92 Å². The summed E-state index contributed by atoms with van der Waals surface area (Å²) in [6.07, 6.45) is 4.97. The Morgan fingerprint density at radius 1 is 1.15 bits per heavy atom. The molecule has 2 rings (SSSR count). The molecular formula is C8H8N4S. The molecule has 66 valence electrons. The molecule has 0 fully saturated rings. The maximum Gasteiger partial charge on any atom is 0.188 e. The lowest BCUT2D eigenvalue weighted by atomic mass is 10.5. The average molecular weight is 192 g/mol. The van der Waals surface area contributed by atoms with Crippen LogP contribution in [-0.4, -0.2) is 15.0 Å². The predicted octanol–water partition coefficient (Wildman–Crippen LogP) is 1.49. The summed E-state index contributed by atoms with van der Waals surface area (Å²) in [5.41, 5.74) is 6.03. The molecule has 0 bridgehead atoms. The highest BCUT2D eigenvalue weighted by Gasteiger charge is 2.04. The van der Waals surface area contributed by atoms with Gasteiger partial charge in [0.25, 0.3) is 0 Å². The van der Waals surface area contributed by atoms with E-state index in [-0.39, 0.29) is 0 Å². The second-order valence-corrected chi connectivity index (χ2v) is 3.85. The first kappa shape index (κ1) is 8.12. The van der Waals surface area contributed by atoms with E-state index in [4.69, 9.17) is 5.73 Å². The maximum absolute atomic E-state index is 5.47. The maximum atomic E-state index is 5.47. The van der Waals surface area contributed by atoms with Gasteiger partial charge in [0.1, 0.15) is 0 Å². The van der Waals surface area contributed by atoms with Gasteiger partial charge in [0.2, 0.25) is 0 Å². The van der Waals surface area contributed by atoms with Crippen LogP contribution in [0.2, 0.25) is 0 Å². The molecule has 0 aliphatic heterocycles. The number of aryl methyl sites for hydroxylation is 1. The van der Waals surface area contributed by atoms with Gasteiger partial charge in [-0.15, -0.1) is 11.3 Å². The average Bonchev–Trinajstić information content (AvgIpc) is 2.53. The number of aromatic nitrogens is 3. The molecule has 5 heteroatoms. The fourth-order valence-electron chi connectivity index (χ4n) is 0.907. The van der Waals surface area contributed by atoms with Crippen molar-refractivity contribution in [1.82, 2.24) is 15.0 Å². The molecular weight excluding hydrogens is 184 g/mol. The first-order valence-corrected chi connectivity index (χ1v) is 4.57. The molecule has 13 heavy (non-hydrogen) atoms. The van der Waals surface area contributed by atoms with E-state index in [1.807, 2.05) is 6.92 Å². The van der Waals surface area contributed by atoms with E-state index in [1.165, 1.54) is 0 Å². The number of hydrogen-bond acceptors (Lipinski definition) is 5. The van der Waals surface area contributed by atoms with Gasteiger partial charge in [-0.05, 0) is 6.92 Å². The van der Waals surface area contributed by atoms with Crippen molar-refractivity contribution in [3.05, 3.63) is 23.5 Å². The minimum absolute atomic E-state index is 0.567. The van der Waals surface area contributed by atoms with Gasteiger partial charge in [0.05, 0.1) is 18.1 Å². The van der Waals surface area contributed by atoms with Crippen LogP contribution in [0.1, 0.15) is 4.88 Å². The monoisotopic (exact) mass is 192 g/mol. The third-order valence-electron chi connectivity index (χ3n) is 1.48. The van der Waals surface area contributed by atoms with Crippen LogP contribution in [0.3, 0.4) is 0 Å². The SMILES string of the molecule is Cc1cnc(-c2ncc(N)cn2)s1. The Bertz CT molecular complexity index is 406. The molecule has 0 saturated heterocycles. The Hall–Kier alpha value is -1.49. The molecule has 2 aromatic heterocycles. The number of rotatable bonds is 1. The van der Waals surface area contributed by atoms with Crippen molar-refractivity contribution in [3.8, 4) is 10.8 Å². The number of nitrogen functional groups attached to an aromatic ring is 1. The van der Waals surface area contributed by atoms with Gasteiger partial charge >= 0.3 is 0 Å². The zero-order chi connectivity index (χ0) is 9.26. The van der Waals surface area contributed by atoms with Gasteiger partial charge < -0.3 is 5.73 Å². The topological polar surface area (TPSA) is 64.7 Å². The second kappa shape index (κ2) is 3.10. The zero-order valence-corrected chi connectivity index (χ0v) is 7.88. The van der Waals surface area contributed by atoms with Crippen LogP contribution >= 0.6 is 11.3 Å². The normalized spacial score (nSPS) is 10.2. The van der Waals surface area contributed by atoms with Crippen LogP contribution in [0.25, 0.3) is 10.8 Å². The molecule has 2 aromatic rings. The van der Waals surface area contributed by atoms with E-state index in [2.05, 4.69) is 15.0 Å². The van der Waals surface area contributed by atoms with Crippen molar-refractivity contribution in [2.24, 2.45) is 0 Å². The van der Waals surface area contributed by atoms with Crippen molar-refractivity contribution in [2.45, 2.75) is 6.92 Å². The Kier molecular flexibility index (Phi) is 1.94. The van der Waals surface area contributed by atoms with Gasteiger partial charge in [0, 0.05) is 11.1 Å². The molecule has 0 saturated carbocycles. The van der Waals surface area contributed by atoms with Crippen molar-refractivity contribution in [1.29, 1.82) is 0 Å². The lowest BCUT2D eigenvalue weighted by Crippen LogP contribution is -1.91. The Morgan fingerprint density at radius 3 is 2.38 bits per heavy atom. The summed E-state index contributed by atoms with van der Waals surface area (Å²) in [6, 6.07) is 0. The predicted molar refractivity (Wildman–Crippen MR) is 52.3 cm³/mol. The molecule has 0 spiro atoms. The third-order valence-corrected chi connectivity index (χ3v) is 2.39.